The van der Waals surface area contributed by atoms with Crippen LogP contribution in [0.15, 0.2) is 0 Å². The molecule has 158 valence electrons. The van der Waals surface area contributed by atoms with E-state index in [1.54, 1.807) is 0 Å². The van der Waals surface area contributed by atoms with Crippen LogP contribution < -0.4 is 0 Å². The summed E-state index contributed by atoms with van der Waals surface area (Å²) in [4.78, 5) is 0. The van der Waals surface area contributed by atoms with E-state index in [-0.39, 0.29) is 0 Å². The fraction of sp³-hybridized carbons (Fsp3) is 1.00. The van der Waals surface area contributed by atoms with Gasteiger partial charge in [0.15, 0.2) is 0 Å². The fourth-order valence-electron chi connectivity index (χ4n) is 3.45. The van der Waals surface area contributed by atoms with Crippen molar-refractivity contribution in [3.05, 3.63) is 0 Å². The van der Waals surface area contributed by atoms with Gasteiger partial charge in [-0.3, -0.25) is 0 Å². The Balaban J connectivity index is 4.35. The van der Waals surface area contributed by atoms with Gasteiger partial charge in [-0.25, -0.2) is 0 Å². The molecule has 0 bridgehead atoms. The molecule has 0 rings (SSSR count). The van der Waals surface area contributed by atoms with Crippen LogP contribution in [0.5, 0.6) is 0 Å². The summed E-state index contributed by atoms with van der Waals surface area (Å²) in [6.45, 7) is 26.5. The Morgan fingerprint density at radius 2 is 0.692 bits per heavy atom. The first-order chi connectivity index (χ1) is 12.0. The highest BCUT2D eigenvalue weighted by molar-refractivity contribution is 4.68. The molecule has 3 atom stereocenters. The standard InChI is InChI=1S/C24H50O2/c1-17(2)11-22(19(5)6)13-25-15-24(21(9)10)16-26-14-23(20(7)8)12-18(3)4/h17-24H,11-16H2,1-10H3/t22-,23+,24?. The highest BCUT2D eigenvalue weighted by Gasteiger charge is 2.20. The third kappa shape index (κ3) is 12.3. The molecule has 0 saturated carbocycles. The fourth-order valence-corrected chi connectivity index (χ4v) is 3.45. The lowest BCUT2D eigenvalue weighted by molar-refractivity contribution is -0.0101. The summed E-state index contributed by atoms with van der Waals surface area (Å²) in [6, 6.07) is 0. The van der Waals surface area contributed by atoms with E-state index >= 15 is 0 Å². The number of hydrogen-bond acceptors (Lipinski definition) is 2. The molecule has 0 aromatic heterocycles. The van der Waals surface area contributed by atoms with Gasteiger partial charge in [-0.2, -0.15) is 0 Å². The SMILES string of the molecule is CC(C)C[C@@H](COCC(COC[C@@H](CC(C)C)C(C)C)C(C)C)C(C)C. The minimum atomic E-state index is 0.494. The predicted molar refractivity (Wildman–Crippen MR) is 116 cm³/mol. The summed E-state index contributed by atoms with van der Waals surface area (Å²) in [5.74, 6) is 5.28. The van der Waals surface area contributed by atoms with E-state index in [0.29, 0.717) is 35.5 Å². The molecule has 0 amide bonds. The van der Waals surface area contributed by atoms with Crippen molar-refractivity contribution in [1.29, 1.82) is 0 Å². The van der Waals surface area contributed by atoms with Crippen LogP contribution >= 0.6 is 0 Å². The molecule has 0 spiro atoms. The second-order valence-electron chi connectivity index (χ2n) is 10.3. The molecule has 0 radical (unpaired) electrons. The Kier molecular flexibility index (Phi) is 14.0. The summed E-state index contributed by atoms with van der Waals surface area (Å²) < 4.78 is 12.3. The normalized spacial score (nSPS) is 16.3. The predicted octanol–water partition coefficient (Wildman–Crippen LogP) is 6.93. The van der Waals surface area contributed by atoms with Gasteiger partial charge in [0, 0.05) is 19.1 Å². The van der Waals surface area contributed by atoms with E-state index in [1.807, 2.05) is 0 Å². The molecule has 0 aliphatic rings. The van der Waals surface area contributed by atoms with Crippen molar-refractivity contribution in [2.75, 3.05) is 26.4 Å². The molecular weight excluding hydrogens is 320 g/mol. The largest absolute Gasteiger partial charge is 0.381 e. The van der Waals surface area contributed by atoms with Gasteiger partial charge < -0.3 is 9.47 Å². The summed E-state index contributed by atoms with van der Waals surface area (Å²) in [5.41, 5.74) is 0. The highest BCUT2D eigenvalue weighted by Crippen LogP contribution is 2.23. The van der Waals surface area contributed by atoms with Gasteiger partial charge in [-0.05, 0) is 54.3 Å². The Morgan fingerprint density at radius 3 is 0.923 bits per heavy atom. The summed E-state index contributed by atoms with van der Waals surface area (Å²) in [6.07, 6.45) is 2.51. The van der Waals surface area contributed by atoms with E-state index in [4.69, 9.17) is 9.47 Å². The molecule has 0 aliphatic carbocycles. The van der Waals surface area contributed by atoms with Crippen LogP contribution in [-0.4, -0.2) is 26.4 Å². The quantitative estimate of drug-likeness (QED) is 0.311. The van der Waals surface area contributed by atoms with Gasteiger partial charge >= 0.3 is 0 Å². The lowest BCUT2D eigenvalue weighted by atomic mass is 9.88. The van der Waals surface area contributed by atoms with Crippen molar-refractivity contribution in [2.24, 2.45) is 47.3 Å². The first kappa shape index (κ1) is 25.9. The van der Waals surface area contributed by atoms with Crippen molar-refractivity contribution in [2.45, 2.75) is 82.1 Å². The van der Waals surface area contributed by atoms with Crippen molar-refractivity contribution >= 4 is 0 Å². The van der Waals surface area contributed by atoms with Crippen molar-refractivity contribution < 1.29 is 9.47 Å². The molecule has 0 saturated heterocycles. The minimum Gasteiger partial charge on any atom is -0.381 e. The van der Waals surface area contributed by atoms with Crippen LogP contribution in [0.2, 0.25) is 0 Å². The van der Waals surface area contributed by atoms with Crippen molar-refractivity contribution in [3.8, 4) is 0 Å². The zero-order valence-electron chi connectivity index (χ0n) is 19.7. The summed E-state index contributed by atoms with van der Waals surface area (Å²) >= 11 is 0. The van der Waals surface area contributed by atoms with Crippen LogP contribution in [0.4, 0.5) is 0 Å². The van der Waals surface area contributed by atoms with Crippen LogP contribution in [0.1, 0.15) is 82.1 Å². The molecule has 0 fully saturated rings. The second kappa shape index (κ2) is 14.0. The molecule has 26 heavy (non-hydrogen) atoms. The Morgan fingerprint density at radius 1 is 0.423 bits per heavy atom. The van der Waals surface area contributed by atoms with Crippen molar-refractivity contribution in [3.63, 3.8) is 0 Å². The lowest BCUT2D eigenvalue weighted by Crippen LogP contribution is -2.27. The second-order valence-corrected chi connectivity index (χ2v) is 10.3. The monoisotopic (exact) mass is 370 g/mol. The molecule has 0 aromatic rings. The Hall–Kier alpha value is -0.0800. The molecule has 0 heterocycles. The van der Waals surface area contributed by atoms with E-state index in [9.17, 15) is 0 Å². The van der Waals surface area contributed by atoms with Crippen molar-refractivity contribution in [1.82, 2.24) is 0 Å². The first-order valence-corrected chi connectivity index (χ1v) is 11.2. The summed E-state index contributed by atoms with van der Waals surface area (Å²) in [5, 5.41) is 0. The van der Waals surface area contributed by atoms with Gasteiger partial charge in [-0.1, -0.05) is 69.2 Å². The lowest BCUT2D eigenvalue weighted by Gasteiger charge is -2.27. The van der Waals surface area contributed by atoms with E-state index < -0.39 is 0 Å². The molecule has 2 heteroatoms. The third-order valence-electron chi connectivity index (χ3n) is 5.70. The first-order valence-electron chi connectivity index (χ1n) is 11.2. The van der Waals surface area contributed by atoms with Gasteiger partial charge in [-0.15, -0.1) is 0 Å². The van der Waals surface area contributed by atoms with Gasteiger partial charge in [0.05, 0.1) is 13.2 Å². The molecule has 0 N–H and O–H groups in total. The maximum atomic E-state index is 6.17. The molecule has 0 aliphatic heterocycles. The van der Waals surface area contributed by atoms with Crippen LogP contribution in [0.3, 0.4) is 0 Å². The summed E-state index contributed by atoms with van der Waals surface area (Å²) in [7, 11) is 0. The molecule has 2 nitrogen and oxygen atoms in total. The maximum Gasteiger partial charge on any atom is 0.0518 e. The van der Waals surface area contributed by atoms with Gasteiger partial charge in [0.2, 0.25) is 0 Å². The minimum absolute atomic E-state index is 0.494. The smallest absolute Gasteiger partial charge is 0.0518 e. The average molecular weight is 371 g/mol. The van der Waals surface area contributed by atoms with E-state index in [2.05, 4.69) is 69.2 Å². The molecular formula is C24H50O2. The van der Waals surface area contributed by atoms with Crippen LogP contribution in [-0.2, 0) is 9.47 Å². The number of rotatable bonds is 15. The van der Waals surface area contributed by atoms with E-state index in [1.165, 1.54) is 12.8 Å². The average Bonchev–Trinajstić information content (AvgIpc) is 2.49. The maximum absolute atomic E-state index is 6.17. The molecule has 1 unspecified atom stereocenters. The Labute approximate surface area is 165 Å². The Bertz CT molecular complexity index is 292. The van der Waals surface area contributed by atoms with Gasteiger partial charge in [0.25, 0.3) is 0 Å². The van der Waals surface area contributed by atoms with E-state index in [0.717, 1.165) is 38.3 Å². The van der Waals surface area contributed by atoms with Gasteiger partial charge in [0.1, 0.15) is 0 Å². The van der Waals surface area contributed by atoms with Crippen LogP contribution in [0, 0.1) is 47.3 Å². The zero-order valence-corrected chi connectivity index (χ0v) is 19.7. The topological polar surface area (TPSA) is 18.5 Å². The highest BCUT2D eigenvalue weighted by atomic mass is 16.5. The van der Waals surface area contributed by atoms with Crippen LogP contribution in [0.25, 0.3) is 0 Å². The number of hydrogen-bond donors (Lipinski definition) is 0. The third-order valence-corrected chi connectivity index (χ3v) is 5.70. The number of ether oxygens (including phenoxy) is 2. The zero-order chi connectivity index (χ0) is 20.3. The molecule has 0 aromatic carbocycles.